The van der Waals surface area contributed by atoms with E-state index in [1.165, 1.54) is 30.9 Å². The summed E-state index contributed by atoms with van der Waals surface area (Å²) in [6.45, 7) is 1.56. The molecule has 1 amide bonds. The molecule has 1 fully saturated rings. The van der Waals surface area contributed by atoms with E-state index in [0.717, 1.165) is 25.9 Å². The number of nitrogens with zero attached hydrogens (tertiary/aromatic N) is 3. The number of halogens is 1. The molecule has 2 heterocycles. The van der Waals surface area contributed by atoms with Gasteiger partial charge in [0.2, 0.25) is 0 Å². The molecule has 0 unspecified atom stereocenters. The Labute approximate surface area is 128 Å². The van der Waals surface area contributed by atoms with E-state index < -0.39 is 0 Å². The lowest BCUT2D eigenvalue weighted by Crippen LogP contribution is -2.36. The number of hydrogen-bond acceptors (Lipinski definition) is 4. The van der Waals surface area contributed by atoms with E-state index in [1.807, 2.05) is 4.90 Å². The minimum absolute atomic E-state index is 0.0792. The van der Waals surface area contributed by atoms with Gasteiger partial charge in [-0.1, -0.05) is 6.07 Å². The lowest BCUT2D eigenvalue weighted by molar-refractivity contribution is 0.0718. The number of aromatic nitrogens is 2. The predicted molar refractivity (Wildman–Crippen MR) is 81.5 cm³/mol. The molecule has 1 aliphatic rings. The minimum atomic E-state index is -0.324. The van der Waals surface area contributed by atoms with Gasteiger partial charge in [0.1, 0.15) is 17.3 Å². The second-order valence-electron chi connectivity index (χ2n) is 5.28. The van der Waals surface area contributed by atoms with Crippen molar-refractivity contribution >= 4 is 17.4 Å². The van der Waals surface area contributed by atoms with Gasteiger partial charge in [0.25, 0.3) is 5.91 Å². The summed E-state index contributed by atoms with van der Waals surface area (Å²) >= 11 is 0. The van der Waals surface area contributed by atoms with Crippen molar-refractivity contribution in [1.82, 2.24) is 14.9 Å². The van der Waals surface area contributed by atoms with E-state index in [4.69, 9.17) is 0 Å². The highest BCUT2D eigenvalue weighted by molar-refractivity contribution is 5.92. The van der Waals surface area contributed by atoms with Crippen LogP contribution in [0.2, 0.25) is 0 Å². The standard InChI is InChI=1S/C16H17FN4O/c17-12-5-4-6-13(9-12)20-15-11-18-14(10-19-15)16(22)21-7-2-1-3-8-21/h4-6,9-11H,1-3,7-8H2,(H,19,20). The Morgan fingerprint density at radius 2 is 1.95 bits per heavy atom. The summed E-state index contributed by atoms with van der Waals surface area (Å²) in [4.78, 5) is 22.4. The molecule has 22 heavy (non-hydrogen) atoms. The third-order valence-corrected chi connectivity index (χ3v) is 3.61. The van der Waals surface area contributed by atoms with Crippen molar-refractivity contribution in [3.05, 3.63) is 48.2 Å². The molecule has 1 N–H and O–H groups in total. The van der Waals surface area contributed by atoms with Crippen LogP contribution in [0.1, 0.15) is 29.8 Å². The molecule has 114 valence electrons. The number of amides is 1. The maximum atomic E-state index is 13.1. The SMILES string of the molecule is O=C(c1cnc(Nc2cccc(F)c2)cn1)N1CCCCC1. The number of rotatable bonds is 3. The average Bonchev–Trinajstić information content (AvgIpc) is 2.56. The van der Waals surface area contributed by atoms with Crippen molar-refractivity contribution in [2.45, 2.75) is 19.3 Å². The summed E-state index contributed by atoms with van der Waals surface area (Å²) in [7, 11) is 0. The van der Waals surface area contributed by atoms with Crippen LogP contribution < -0.4 is 5.32 Å². The van der Waals surface area contributed by atoms with Gasteiger partial charge in [0.05, 0.1) is 12.4 Å². The Morgan fingerprint density at radius 3 is 2.64 bits per heavy atom. The van der Waals surface area contributed by atoms with Crippen LogP contribution in [0.25, 0.3) is 0 Å². The molecule has 1 aromatic heterocycles. The average molecular weight is 300 g/mol. The Hall–Kier alpha value is -2.50. The minimum Gasteiger partial charge on any atom is -0.339 e. The second-order valence-corrected chi connectivity index (χ2v) is 5.28. The molecule has 0 atom stereocenters. The van der Waals surface area contributed by atoms with Crippen LogP contribution >= 0.6 is 0 Å². The number of benzene rings is 1. The van der Waals surface area contributed by atoms with Crippen LogP contribution in [0, 0.1) is 5.82 Å². The predicted octanol–water partition coefficient (Wildman–Crippen LogP) is 2.99. The first-order valence-electron chi connectivity index (χ1n) is 7.36. The molecule has 2 aromatic rings. The Morgan fingerprint density at radius 1 is 1.14 bits per heavy atom. The molecule has 6 heteroatoms. The van der Waals surface area contributed by atoms with Gasteiger partial charge in [0.15, 0.2) is 0 Å². The summed E-state index contributed by atoms with van der Waals surface area (Å²) in [5, 5.41) is 2.95. The van der Waals surface area contributed by atoms with Gasteiger partial charge in [-0.25, -0.2) is 14.4 Å². The van der Waals surface area contributed by atoms with Crippen LogP contribution in [0.5, 0.6) is 0 Å². The first-order valence-corrected chi connectivity index (χ1v) is 7.36. The monoisotopic (exact) mass is 300 g/mol. The Kier molecular flexibility index (Phi) is 4.27. The lowest BCUT2D eigenvalue weighted by Gasteiger charge is -2.26. The summed E-state index contributed by atoms with van der Waals surface area (Å²) < 4.78 is 13.1. The van der Waals surface area contributed by atoms with Crippen molar-refractivity contribution < 1.29 is 9.18 Å². The van der Waals surface area contributed by atoms with Crippen LogP contribution in [-0.4, -0.2) is 33.9 Å². The zero-order chi connectivity index (χ0) is 15.4. The third-order valence-electron chi connectivity index (χ3n) is 3.61. The summed E-state index contributed by atoms with van der Waals surface area (Å²) in [6, 6.07) is 6.09. The molecule has 1 aromatic carbocycles. The lowest BCUT2D eigenvalue weighted by atomic mass is 10.1. The van der Waals surface area contributed by atoms with Gasteiger partial charge in [-0.2, -0.15) is 0 Å². The molecule has 1 saturated heterocycles. The van der Waals surface area contributed by atoms with Gasteiger partial charge < -0.3 is 10.2 Å². The van der Waals surface area contributed by atoms with E-state index in [0.29, 0.717) is 17.2 Å². The zero-order valence-electron chi connectivity index (χ0n) is 12.1. The number of anilines is 2. The maximum absolute atomic E-state index is 13.1. The number of hydrogen-bond donors (Lipinski definition) is 1. The van der Waals surface area contributed by atoms with Crippen LogP contribution in [-0.2, 0) is 0 Å². The normalized spacial score (nSPS) is 14.7. The van der Waals surface area contributed by atoms with Crippen LogP contribution in [0.4, 0.5) is 15.9 Å². The Balaban J connectivity index is 1.68. The van der Waals surface area contributed by atoms with Gasteiger partial charge in [-0.15, -0.1) is 0 Å². The fourth-order valence-electron chi connectivity index (χ4n) is 2.48. The van der Waals surface area contributed by atoms with E-state index >= 15 is 0 Å². The van der Waals surface area contributed by atoms with Crippen molar-refractivity contribution in [3.63, 3.8) is 0 Å². The fourth-order valence-corrected chi connectivity index (χ4v) is 2.48. The van der Waals surface area contributed by atoms with Gasteiger partial charge in [0, 0.05) is 18.8 Å². The van der Waals surface area contributed by atoms with E-state index in [9.17, 15) is 9.18 Å². The molecule has 3 rings (SSSR count). The van der Waals surface area contributed by atoms with Crippen LogP contribution in [0.15, 0.2) is 36.7 Å². The molecule has 5 nitrogen and oxygen atoms in total. The summed E-state index contributed by atoms with van der Waals surface area (Å²) in [6.07, 6.45) is 6.20. The first-order chi connectivity index (χ1) is 10.7. The topological polar surface area (TPSA) is 58.1 Å². The quantitative estimate of drug-likeness (QED) is 0.946. The number of carbonyl (C=O) groups excluding carboxylic acids is 1. The van der Waals surface area contributed by atoms with E-state index in [2.05, 4.69) is 15.3 Å². The summed E-state index contributed by atoms with van der Waals surface area (Å²) in [5.74, 6) is 0.0696. The van der Waals surface area contributed by atoms with Gasteiger partial charge in [-0.05, 0) is 37.5 Å². The number of likely N-dealkylation sites (tertiary alicyclic amines) is 1. The number of carbonyl (C=O) groups is 1. The van der Waals surface area contributed by atoms with E-state index in [-0.39, 0.29) is 11.7 Å². The fraction of sp³-hybridized carbons (Fsp3) is 0.312. The second kappa shape index (κ2) is 6.51. The largest absolute Gasteiger partial charge is 0.339 e. The highest BCUT2D eigenvalue weighted by Crippen LogP contribution is 2.16. The molecule has 0 bridgehead atoms. The van der Waals surface area contributed by atoms with Gasteiger partial charge in [-0.3, -0.25) is 4.79 Å². The molecule has 0 spiro atoms. The first kappa shape index (κ1) is 14.4. The molecular formula is C16H17FN4O. The van der Waals surface area contributed by atoms with Crippen molar-refractivity contribution in [2.24, 2.45) is 0 Å². The zero-order valence-corrected chi connectivity index (χ0v) is 12.1. The smallest absolute Gasteiger partial charge is 0.274 e. The maximum Gasteiger partial charge on any atom is 0.274 e. The van der Waals surface area contributed by atoms with Crippen molar-refractivity contribution in [2.75, 3.05) is 18.4 Å². The third kappa shape index (κ3) is 3.39. The summed E-state index contributed by atoms with van der Waals surface area (Å²) in [5.41, 5.74) is 0.927. The van der Waals surface area contributed by atoms with Crippen molar-refractivity contribution in [1.29, 1.82) is 0 Å². The molecule has 1 aliphatic heterocycles. The van der Waals surface area contributed by atoms with Gasteiger partial charge >= 0.3 is 0 Å². The van der Waals surface area contributed by atoms with Crippen molar-refractivity contribution in [3.8, 4) is 0 Å². The van der Waals surface area contributed by atoms with E-state index in [1.54, 1.807) is 12.1 Å². The number of nitrogens with one attached hydrogen (secondary N) is 1. The molecule has 0 saturated carbocycles. The highest BCUT2D eigenvalue weighted by Gasteiger charge is 2.19. The van der Waals surface area contributed by atoms with Crippen LogP contribution in [0.3, 0.4) is 0 Å². The molecular weight excluding hydrogens is 283 g/mol. The Bertz CT molecular complexity index is 653. The number of piperidine rings is 1. The molecule has 0 aliphatic carbocycles. The highest BCUT2D eigenvalue weighted by atomic mass is 19.1. The molecule has 0 radical (unpaired) electrons.